The minimum absolute atomic E-state index is 0.155. The van der Waals surface area contributed by atoms with Crippen molar-refractivity contribution in [2.75, 3.05) is 30.4 Å². The van der Waals surface area contributed by atoms with Gasteiger partial charge < -0.3 is 26.2 Å². The van der Waals surface area contributed by atoms with Gasteiger partial charge in [-0.3, -0.25) is 14.4 Å². The molecule has 0 bridgehead atoms. The molecule has 3 unspecified atom stereocenters. The van der Waals surface area contributed by atoms with E-state index in [4.69, 9.17) is 5.73 Å². The fraction of sp³-hybridized carbons (Fsp3) is 0.500. The molecule has 2 fully saturated rings. The molecule has 2 aliphatic heterocycles. The number of nitrogens with zero attached hydrogens (tertiary/aromatic N) is 2. The number of anilines is 1. The number of likely N-dealkylation sites (tertiary alicyclic amines) is 2. The fourth-order valence-corrected chi connectivity index (χ4v) is 4.56. The predicted molar refractivity (Wildman–Crippen MR) is 115 cm³/mol. The molecule has 32 heavy (non-hydrogen) atoms. The smallest absolute Gasteiger partial charge is 0.319 e. The van der Waals surface area contributed by atoms with Gasteiger partial charge in [0.1, 0.15) is 23.7 Å². The quantitative estimate of drug-likeness (QED) is 0.571. The van der Waals surface area contributed by atoms with Gasteiger partial charge in [0, 0.05) is 19.2 Å². The Kier molecular flexibility index (Phi) is 7.54. The summed E-state index contributed by atoms with van der Waals surface area (Å²) in [5.41, 5.74) is 5.21. The van der Waals surface area contributed by atoms with Crippen molar-refractivity contribution in [3.63, 3.8) is 0 Å². The van der Waals surface area contributed by atoms with Crippen molar-refractivity contribution in [1.29, 1.82) is 0 Å². The van der Waals surface area contributed by atoms with Crippen LogP contribution < -0.4 is 16.4 Å². The third-order valence-corrected chi connectivity index (χ3v) is 6.13. The number of rotatable bonds is 6. The first-order chi connectivity index (χ1) is 15.2. The summed E-state index contributed by atoms with van der Waals surface area (Å²) in [5.74, 6) is -2.92. The Labute approximate surface area is 188 Å². The summed E-state index contributed by atoms with van der Waals surface area (Å²) in [4.78, 5) is 53.0. The maximum Gasteiger partial charge on any atom is 0.319 e. The number of halogens is 2. The summed E-state index contributed by atoms with van der Waals surface area (Å²) in [6, 6.07) is -0.617. The lowest BCUT2D eigenvalue weighted by atomic mass is 10.1. The third-order valence-electron chi connectivity index (χ3n) is 5.60. The number of carbonyl (C=O) groups excluding carboxylic acids is 4. The molecule has 0 spiro atoms. The first-order valence-corrected chi connectivity index (χ1v) is 11.5. The van der Waals surface area contributed by atoms with Crippen molar-refractivity contribution < 1.29 is 28.0 Å². The van der Waals surface area contributed by atoms with Crippen LogP contribution in [0, 0.1) is 11.6 Å². The number of thioether (sulfide) groups is 1. The summed E-state index contributed by atoms with van der Waals surface area (Å²) >= 11 is 1.31. The summed E-state index contributed by atoms with van der Waals surface area (Å²) in [6.45, 7) is 0.563. The highest BCUT2D eigenvalue weighted by molar-refractivity contribution is 7.99. The van der Waals surface area contributed by atoms with Crippen LogP contribution in [-0.2, 0) is 14.4 Å². The molecule has 5 amide bonds. The minimum Gasteiger partial charge on any atom is -0.368 e. The molecule has 2 saturated heterocycles. The number of primary amides is 1. The number of amides is 5. The van der Waals surface area contributed by atoms with Gasteiger partial charge in [-0.05, 0) is 37.7 Å². The third kappa shape index (κ3) is 5.12. The monoisotopic (exact) mass is 469 g/mol. The van der Waals surface area contributed by atoms with Crippen molar-refractivity contribution >= 4 is 41.2 Å². The van der Waals surface area contributed by atoms with E-state index in [-0.39, 0.29) is 23.9 Å². The molecular formula is C20H25F2N5O4S. The van der Waals surface area contributed by atoms with Crippen LogP contribution in [0.1, 0.15) is 19.3 Å². The zero-order chi connectivity index (χ0) is 23.4. The highest BCUT2D eigenvalue weighted by Crippen LogP contribution is 2.26. The van der Waals surface area contributed by atoms with Gasteiger partial charge in [0.2, 0.25) is 17.7 Å². The van der Waals surface area contributed by atoms with Crippen LogP contribution in [-0.4, -0.2) is 76.8 Å². The normalized spacial score (nSPS) is 22.7. The second kappa shape index (κ2) is 10.2. The molecular weight excluding hydrogens is 444 g/mol. The second-order valence-electron chi connectivity index (χ2n) is 7.67. The molecule has 0 saturated carbocycles. The number of benzene rings is 1. The van der Waals surface area contributed by atoms with Crippen LogP contribution in [0.15, 0.2) is 18.2 Å². The lowest BCUT2D eigenvalue weighted by Crippen LogP contribution is -2.58. The highest BCUT2D eigenvalue weighted by Gasteiger charge is 2.46. The van der Waals surface area contributed by atoms with E-state index in [1.165, 1.54) is 21.6 Å². The summed E-state index contributed by atoms with van der Waals surface area (Å²) < 4.78 is 27.0. The zero-order valence-corrected chi connectivity index (χ0v) is 18.3. The van der Waals surface area contributed by atoms with E-state index in [9.17, 15) is 28.0 Å². The van der Waals surface area contributed by atoms with E-state index in [0.717, 1.165) is 12.1 Å². The van der Waals surface area contributed by atoms with Gasteiger partial charge in [-0.25, -0.2) is 13.6 Å². The SMILES string of the molecule is CSCC(=O)N1CCC(NC(=O)Nc2ccc(F)cc2F)C1C(=O)N1CCCC1C(N)=O. The van der Waals surface area contributed by atoms with Gasteiger partial charge in [0.25, 0.3) is 0 Å². The van der Waals surface area contributed by atoms with Gasteiger partial charge in [0.15, 0.2) is 0 Å². The van der Waals surface area contributed by atoms with Crippen molar-refractivity contribution in [2.24, 2.45) is 5.73 Å². The Morgan fingerprint density at radius 2 is 1.91 bits per heavy atom. The molecule has 0 aromatic heterocycles. The molecule has 2 heterocycles. The molecule has 3 atom stereocenters. The average Bonchev–Trinajstić information content (AvgIpc) is 3.37. The lowest BCUT2D eigenvalue weighted by Gasteiger charge is -2.33. The number of carbonyl (C=O) groups is 4. The lowest BCUT2D eigenvalue weighted by molar-refractivity contribution is -0.145. The number of nitrogens with one attached hydrogen (secondary N) is 2. The Morgan fingerprint density at radius 3 is 2.56 bits per heavy atom. The van der Waals surface area contributed by atoms with Gasteiger partial charge in [-0.2, -0.15) is 11.8 Å². The number of hydrogen-bond donors (Lipinski definition) is 3. The molecule has 4 N–H and O–H groups in total. The molecule has 0 radical (unpaired) electrons. The van der Waals surface area contributed by atoms with Crippen molar-refractivity contribution in [1.82, 2.24) is 15.1 Å². The molecule has 9 nitrogen and oxygen atoms in total. The Bertz CT molecular complexity index is 918. The number of urea groups is 1. The topological polar surface area (TPSA) is 125 Å². The van der Waals surface area contributed by atoms with Gasteiger partial charge >= 0.3 is 6.03 Å². The van der Waals surface area contributed by atoms with Crippen molar-refractivity contribution in [3.8, 4) is 0 Å². The Morgan fingerprint density at radius 1 is 1.16 bits per heavy atom. The fourth-order valence-electron chi connectivity index (χ4n) is 4.15. The Hall–Kier alpha value is -2.89. The molecule has 0 aliphatic carbocycles. The van der Waals surface area contributed by atoms with Crippen LogP contribution in [0.2, 0.25) is 0 Å². The average molecular weight is 470 g/mol. The zero-order valence-electron chi connectivity index (χ0n) is 17.5. The molecule has 12 heteroatoms. The Balaban J connectivity index is 1.78. The summed E-state index contributed by atoms with van der Waals surface area (Å²) in [7, 11) is 0. The van der Waals surface area contributed by atoms with Crippen LogP contribution in [0.25, 0.3) is 0 Å². The van der Waals surface area contributed by atoms with E-state index in [0.29, 0.717) is 31.9 Å². The maximum absolute atomic E-state index is 13.9. The number of hydrogen-bond acceptors (Lipinski definition) is 5. The van der Waals surface area contributed by atoms with Crippen LogP contribution >= 0.6 is 11.8 Å². The van der Waals surface area contributed by atoms with E-state index < -0.39 is 47.6 Å². The minimum atomic E-state index is -1.02. The van der Waals surface area contributed by atoms with E-state index in [2.05, 4.69) is 10.6 Å². The van der Waals surface area contributed by atoms with E-state index in [1.54, 1.807) is 6.26 Å². The largest absolute Gasteiger partial charge is 0.368 e. The first kappa shape index (κ1) is 23.8. The van der Waals surface area contributed by atoms with Crippen LogP contribution in [0.4, 0.5) is 19.3 Å². The highest BCUT2D eigenvalue weighted by atomic mass is 32.2. The van der Waals surface area contributed by atoms with E-state index in [1.807, 2.05) is 0 Å². The second-order valence-corrected chi connectivity index (χ2v) is 8.54. The summed E-state index contributed by atoms with van der Waals surface area (Å²) in [6.07, 6.45) is 3.10. The maximum atomic E-state index is 13.9. The van der Waals surface area contributed by atoms with E-state index >= 15 is 0 Å². The van der Waals surface area contributed by atoms with Crippen LogP contribution in [0.3, 0.4) is 0 Å². The standard InChI is InChI=1S/C20H25F2N5O4S/c1-32-10-16(28)27-8-6-14(17(27)19(30)26-7-2-3-15(26)18(23)29)25-20(31)24-13-5-4-11(21)9-12(13)22/h4-5,9,14-15,17H,2-3,6-8,10H2,1H3,(H2,23,29)(H2,24,25,31). The predicted octanol–water partition coefficient (Wildman–Crippen LogP) is 0.895. The molecule has 174 valence electrons. The van der Waals surface area contributed by atoms with Crippen molar-refractivity contribution in [2.45, 2.75) is 37.4 Å². The van der Waals surface area contributed by atoms with Crippen LogP contribution in [0.5, 0.6) is 0 Å². The molecule has 3 rings (SSSR count). The van der Waals surface area contributed by atoms with Gasteiger partial charge in [0.05, 0.1) is 17.5 Å². The van der Waals surface area contributed by atoms with Gasteiger partial charge in [-0.15, -0.1) is 0 Å². The van der Waals surface area contributed by atoms with Crippen molar-refractivity contribution in [3.05, 3.63) is 29.8 Å². The molecule has 2 aliphatic rings. The molecule has 1 aromatic rings. The summed E-state index contributed by atoms with van der Waals surface area (Å²) in [5, 5.41) is 4.91. The number of nitrogens with two attached hydrogens (primary N) is 1. The molecule has 1 aromatic carbocycles. The first-order valence-electron chi connectivity index (χ1n) is 10.1. The van der Waals surface area contributed by atoms with Gasteiger partial charge in [-0.1, -0.05) is 0 Å².